The minimum atomic E-state index is 0.494. The number of amides is 1. The van der Waals surface area contributed by atoms with Crippen molar-refractivity contribution < 1.29 is 4.79 Å². The van der Waals surface area contributed by atoms with E-state index in [9.17, 15) is 4.79 Å². The number of nitrogens with zero attached hydrogens (tertiary/aromatic N) is 2. The van der Waals surface area contributed by atoms with Crippen molar-refractivity contribution in [1.82, 2.24) is 9.47 Å². The molecule has 0 atom stereocenters. The third-order valence-corrected chi connectivity index (χ3v) is 4.28. The first-order chi connectivity index (χ1) is 10.5. The Morgan fingerprint density at radius 2 is 1.82 bits per heavy atom. The Morgan fingerprint density at radius 3 is 2.36 bits per heavy atom. The zero-order chi connectivity index (χ0) is 16.1. The van der Waals surface area contributed by atoms with Crippen LogP contribution in [0.15, 0.2) is 24.3 Å². The van der Waals surface area contributed by atoms with Gasteiger partial charge >= 0.3 is 0 Å². The van der Waals surface area contributed by atoms with Crippen molar-refractivity contribution in [3.63, 3.8) is 0 Å². The summed E-state index contributed by atoms with van der Waals surface area (Å²) in [6, 6.07) is 8.73. The van der Waals surface area contributed by atoms with Crippen LogP contribution in [0.5, 0.6) is 0 Å². The highest BCUT2D eigenvalue weighted by Gasteiger charge is 2.08. The van der Waals surface area contributed by atoms with E-state index >= 15 is 0 Å². The van der Waals surface area contributed by atoms with E-state index in [1.807, 2.05) is 17.0 Å². The molecule has 0 bridgehead atoms. The third-order valence-electron chi connectivity index (χ3n) is 4.05. The summed E-state index contributed by atoms with van der Waals surface area (Å²) < 4.78 is 2.33. The van der Waals surface area contributed by atoms with E-state index in [1.165, 1.54) is 35.9 Å². The summed E-state index contributed by atoms with van der Waals surface area (Å²) in [5.74, 6) is 0. The molecule has 3 nitrogen and oxygen atoms in total. The van der Waals surface area contributed by atoms with E-state index in [4.69, 9.17) is 11.6 Å². The van der Waals surface area contributed by atoms with Crippen LogP contribution in [0.1, 0.15) is 44.8 Å². The molecule has 0 radical (unpaired) electrons. The minimum Gasteiger partial charge on any atom is -0.345 e. The lowest BCUT2D eigenvalue weighted by Gasteiger charge is -2.21. The molecule has 1 fully saturated rings. The van der Waals surface area contributed by atoms with Crippen molar-refractivity contribution in [3.8, 4) is 0 Å². The van der Waals surface area contributed by atoms with Gasteiger partial charge in [-0.15, -0.1) is 0 Å². The summed E-state index contributed by atoms with van der Waals surface area (Å²) in [7, 11) is 0. The Bertz CT molecular complexity index is 627. The fourth-order valence-electron chi connectivity index (χ4n) is 3.05. The quantitative estimate of drug-likeness (QED) is 0.729. The monoisotopic (exact) mass is 320 g/mol. The van der Waals surface area contributed by atoms with Gasteiger partial charge in [-0.1, -0.05) is 11.6 Å². The van der Waals surface area contributed by atoms with Gasteiger partial charge in [-0.3, -0.25) is 4.79 Å². The predicted octanol–water partition coefficient (Wildman–Crippen LogP) is 4.81. The Labute approximate surface area is 137 Å². The van der Waals surface area contributed by atoms with Crippen molar-refractivity contribution >= 4 is 28.9 Å². The van der Waals surface area contributed by atoms with Crippen LogP contribution in [0, 0.1) is 6.92 Å². The van der Waals surface area contributed by atoms with Gasteiger partial charge in [0.2, 0.25) is 6.41 Å². The summed E-state index contributed by atoms with van der Waals surface area (Å²) in [5.41, 5.74) is 2.55. The number of aryl methyl sites for hydroxylation is 1. The van der Waals surface area contributed by atoms with Gasteiger partial charge in [-0.25, -0.2) is 0 Å². The molecule has 1 saturated heterocycles. The van der Waals surface area contributed by atoms with Crippen LogP contribution in [0.3, 0.4) is 0 Å². The number of carbonyl (C=O) groups excluding carboxylic acids is 1. The SMILES string of the molecule is Cc1cc2cc(Cl)ccc2n1C(C)C.O=CN1CCCCC1. The molecule has 2 aromatic rings. The number of halogens is 1. The van der Waals surface area contributed by atoms with Crippen LogP contribution in [0.4, 0.5) is 0 Å². The van der Waals surface area contributed by atoms with E-state index in [-0.39, 0.29) is 0 Å². The largest absolute Gasteiger partial charge is 0.345 e. The molecule has 0 spiro atoms. The molecule has 0 N–H and O–H groups in total. The van der Waals surface area contributed by atoms with Gasteiger partial charge in [0.25, 0.3) is 0 Å². The van der Waals surface area contributed by atoms with Crippen molar-refractivity contribution in [2.75, 3.05) is 13.1 Å². The predicted molar refractivity (Wildman–Crippen MR) is 93.6 cm³/mol. The molecule has 0 unspecified atom stereocenters. The molecule has 2 heterocycles. The molecule has 1 aliphatic heterocycles. The second-order valence-electron chi connectivity index (χ2n) is 6.15. The number of fused-ring (bicyclic) bond motifs is 1. The molecule has 1 aromatic heterocycles. The molecule has 22 heavy (non-hydrogen) atoms. The molecule has 3 rings (SSSR count). The number of likely N-dealkylation sites (tertiary alicyclic amines) is 1. The second-order valence-corrected chi connectivity index (χ2v) is 6.59. The zero-order valence-corrected chi connectivity index (χ0v) is 14.4. The van der Waals surface area contributed by atoms with Crippen LogP contribution in [0.25, 0.3) is 10.9 Å². The van der Waals surface area contributed by atoms with Gasteiger partial charge in [-0.05, 0) is 64.3 Å². The number of rotatable bonds is 2. The highest BCUT2D eigenvalue weighted by Crippen LogP contribution is 2.26. The molecule has 0 aliphatic carbocycles. The number of piperidine rings is 1. The van der Waals surface area contributed by atoms with Crippen LogP contribution >= 0.6 is 11.6 Å². The number of aromatic nitrogens is 1. The number of benzene rings is 1. The van der Waals surface area contributed by atoms with E-state index in [1.54, 1.807) is 0 Å². The fraction of sp³-hybridized carbons (Fsp3) is 0.500. The van der Waals surface area contributed by atoms with Crippen LogP contribution < -0.4 is 0 Å². The topological polar surface area (TPSA) is 25.2 Å². The van der Waals surface area contributed by atoms with Crippen molar-refractivity contribution in [3.05, 3.63) is 35.0 Å². The normalized spacial score (nSPS) is 14.9. The summed E-state index contributed by atoms with van der Waals surface area (Å²) >= 11 is 5.95. The van der Waals surface area contributed by atoms with Gasteiger partial charge in [0.15, 0.2) is 0 Å². The molecular formula is C18H25ClN2O. The third kappa shape index (κ3) is 4.04. The molecule has 120 valence electrons. The lowest BCUT2D eigenvalue weighted by atomic mass is 10.1. The van der Waals surface area contributed by atoms with Gasteiger partial charge in [0, 0.05) is 40.8 Å². The van der Waals surface area contributed by atoms with Crippen LogP contribution in [-0.2, 0) is 4.79 Å². The first-order valence-electron chi connectivity index (χ1n) is 7.99. The molecule has 1 amide bonds. The summed E-state index contributed by atoms with van der Waals surface area (Å²) in [5, 5.41) is 2.03. The zero-order valence-electron chi connectivity index (χ0n) is 13.7. The first-order valence-corrected chi connectivity index (χ1v) is 8.37. The molecule has 4 heteroatoms. The van der Waals surface area contributed by atoms with Gasteiger partial charge in [-0.2, -0.15) is 0 Å². The van der Waals surface area contributed by atoms with Gasteiger partial charge in [0.05, 0.1) is 0 Å². The minimum absolute atomic E-state index is 0.494. The number of carbonyl (C=O) groups is 1. The van der Waals surface area contributed by atoms with E-state index in [0.29, 0.717) is 6.04 Å². The molecular weight excluding hydrogens is 296 g/mol. The maximum absolute atomic E-state index is 10.1. The average molecular weight is 321 g/mol. The Kier molecular flexibility index (Phi) is 5.90. The van der Waals surface area contributed by atoms with Gasteiger partial charge < -0.3 is 9.47 Å². The van der Waals surface area contributed by atoms with E-state index < -0.39 is 0 Å². The Morgan fingerprint density at radius 1 is 1.14 bits per heavy atom. The van der Waals surface area contributed by atoms with Crippen molar-refractivity contribution in [2.45, 2.75) is 46.1 Å². The van der Waals surface area contributed by atoms with Crippen LogP contribution in [-0.4, -0.2) is 29.0 Å². The number of hydrogen-bond donors (Lipinski definition) is 0. The lowest BCUT2D eigenvalue weighted by Crippen LogP contribution is -2.27. The molecule has 0 saturated carbocycles. The maximum atomic E-state index is 10.1. The number of hydrogen-bond acceptors (Lipinski definition) is 1. The Balaban J connectivity index is 0.000000188. The fourth-order valence-corrected chi connectivity index (χ4v) is 3.23. The molecule has 1 aliphatic rings. The van der Waals surface area contributed by atoms with E-state index in [2.05, 4.69) is 37.5 Å². The standard InChI is InChI=1S/C12H14ClN.C6H11NO/c1-8(2)14-9(3)6-10-7-11(13)4-5-12(10)14;8-6-7-4-2-1-3-5-7/h4-8H,1-3H3;6H,1-5H2. The van der Waals surface area contributed by atoms with Crippen molar-refractivity contribution in [1.29, 1.82) is 0 Å². The van der Waals surface area contributed by atoms with Crippen LogP contribution in [0.2, 0.25) is 5.02 Å². The summed E-state index contributed by atoms with van der Waals surface area (Å²) in [6.07, 6.45) is 4.63. The lowest BCUT2D eigenvalue weighted by molar-refractivity contribution is -0.118. The van der Waals surface area contributed by atoms with Crippen molar-refractivity contribution in [2.24, 2.45) is 0 Å². The summed E-state index contributed by atoms with van der Waals surface area (Å²) in [4.78, 5) is 11.9. The highest BCUT2D eigenvalue weighted by atomic mass is 35.5. The maximum Gasteiger partial charge on any atom is 0.209 e. The molecule has 1 aromatic carbocycles. The van der Waals surface area contributed by atoms with Gasteiger partial charge in [0.1, 0.15) is 0 Å². The van der Waals surface area contributed by atoms with E-state index in [0.717, 1.165) is 24.5 Å². The smallest absolute Gasteiger partial charge is 0.209 e. The highest BCUT2D eigenvalue weighted by molar-refractivity contribution is 6.31. The summed E-state index contributed by atoms with van der Waals surface area (Å²) in [6.45, 7) is 8.48. The second kappa shape index (κ2) is 7.68. The average Bonchev–Trinajstić information content (AvgIpc) is 2.83. The first kappa shape index (κ1) is 16.9. The Hall–Kier alpha value is -1.48.